The number of aryl methyl sites for hydroxylation is 1. The first kappa shape index (κ1) is 21.8. The van der Waals surface area contributed by atoms with Crippen LogP contribution in [0.4, 0.5) is 0 Å². The molecule has 1 heterocycles. The van der Waals surface area contributed by atoms with Crippen LogP contribution in [0.25, 0.3) is 0 Å². The monoisotopic (exact) mass is 351 g/mol. The van der Waals surface area contributed by atoms with Crippen molar-refractivity contribution in [2.45, 2.75) is 96.6 Å². The Morgan fingerprint density at radius 1 is 1.04 bits per heavy atom. The van der Waals surface area contributed by atoms with Gasteiger partial charge in [-0.05, 0) is 19.3 Å². The van der Waals surface area contributed by atoms with Crippen molar-refractivity contribution >= 4 is 0 Å². The van der Waals surface area contributed by atoms with Crippen LogP contribution in [-0.4, -0.2) is 37.9 Å². The first-order valence-corrected chi connectivity index (χ1v) is 10.1. The lowest BCUT2D eigenvalue weighted by Crippen LogP contribution is -2.26. The van der Waals surface area contributed by atoms with Gasteiger partial charge in [0.05, 0.1) is 18.4 Å². The Hall–Kier alpha value is -1.20. The Labute approximate surface area is 153 Å². The van der Waals surface area contributed by atoms with Gasteiger partial charge in [-0.3, -0.25) is 0 Å². The number of unbranched alkanes of at least 4 members (excludes halogenated alkanes) is 8. The van der Waals surface area contributed by atoms with Gasteiger partial charge >= 0.3 is 0 Å². The summed E-state index contributed by atoms with van der Waals surface area (Å²) in [7, 11) is 0. The van der Waals surface area contributed by atoms with E-state index >= 15 is 0 Å². The maximum Gasteiger partial charge on any atom is 0.106 e. The number of hydrogen-bond acceptors (Lipinski definition) is 4. The van der Waals surface area contributed by atoms with Gasteiger partial charge in [-0.2, -0.15) is 0 Å². The van der Waals surface area contributed by atoms with E-state index in [2.05, 4.69) is 24.2 Å². The van der Waals surface area contributed by atoms with Gasteiger partial charge in [0, 0.05) is 6.20 Å². The second kappa shape index (κ2) is 14.0. The Balaban J connectivity index is 2.31. The predicted molar refractivity (Wildman–Crippen MR) is 103 cm³/mol. The molecule has 2 N–H and O–H groups in total. The molecule has 5 nitrogen and oxygen atoms in total. The van der Waals surface area contributed by atoms with Crippen molar-refractivity contribution in [1.29, 1.82) is 0 Å². The van der Waals surface area contributed by atoms with Crippen molar-refractivity contribution in [3.05, 3.63) is 24.0 Å². The lowest BCUT2D eigenvalue weighted by Gasteiger charge is -2.17. The van der Waals surface area contributed by atoms with Crippen molar-refractivity contribution in [3.63, 3.8) is 0 Å². The SMILES string of the molecule is CCC/C=C/[C@@H](O)[C@H](CO)n1cc(CCCCCCCCCC)nn1. The number of aromatic nitrogens is 3. The molecule has 2 atom stereocenters. The molecule has 144 valence electrons. The Morgan fingerprint density at radius 2 is 1.72 bits per heavy atom. The topological polar surface area (TPSA) is 71.2 Å². The van der Waals surface area contributed by atoms with Crippen LogP contribution in [0.15, 0.2) is 18.3 Å². The molecular formula is C20H37N3O2. The number of allylic oxidation sites excluding steroid dienone is 1. The van der Waals surface area contributed by atoms with Gasteiger partial charge in [-0.1, -0.05) is 82.6 Å². The van der Waals surface area contributed by atoms with Crippen molar-refractivity contribution in [2.75, 3.05) is 6.61 Å². The Morgan fingerprint density at radius 3 is 2.36 bits per heavy atom. The van der Waals surface area contributed by atoms with Crippen molar-refractivity contribution in [1.82, 2.24) is 15.0 Å². The average molecular weight is 352 g/mol. The molecule has 1 aromatic heterocycles. The fourth-order valence-corrected chi connectivity index (χ4v) is 2.91. The fraction of sp³-hybridized carbons (Fsp3) is 0.800. The molecular weight excluding hydrogens is 314 g/mol. The molecule has 25 heavy (non-hydrogen) atoms. The summed E-state index contributed by atoms with van der Waals surface area (Å²) in [5.41, 5.74) is 0.939. The maximum absolute atomic E-state index is 10.2. The summed E-state index contributed by atoms with van der Waals surface area (Å²) in [4.78, 5) is 0. The second-order valence-corrected chi connectivity index (χ2v) is 6.87. The van der Waals surface area contributed by atoms with Crippen LogP contribution in [0.3, 0.4) is 0 Å². The minimum atomic E-state index is -0.741. The molecule has 0 radical (unpaired) electrons. The molecule has 0 unspecified atom stereocenters. The molecule has 0 fully saturated rings. The van der Waals surface area contributed by atoms with Crippen LogP contribution in [0, 0.1) is 0 Å². The lowest BCUT2D eigenvalue weighted by atomic mass is 10.1. The molecule has 0 aliphatic heterocycles. The van der Waals surface area contributed by atoms with E-state index in [1.807, 2.05) is 12.3 Å². The van der Waals surface area contributed by atoms with E-state index in [4.69, 9.17) is 0 Å². The zero-order valence-electron chi connectivity index (χ0n) is 16.1. The zero-order valence-corrected chi connectivity index (χ0v) is 16.1. The summed E-state index contributed by atoms with van der Waals surface area (Å²) < 4.78 is 1.60. The Kier molecular flexibility index (Phi) is 12.2. The van der Waals surface area contributed by atoms with E-state index in [0.29, 0.717) is 0 Å². The van der Waals surface area contributed by atoms with Crippen LogP contribution in [-0.2, 0) is 6.42 Å². The second-order valence-electron chi connectivity index (χ2n) is 6.87. The molecule has 0 spiro atoms. The average Bonchev–Trinajstić information content (AvgIpc) is 3.07. The zero-order chi connectivity index (χ0) is 18.3. The van der Waals surface area contributed by atoms with E-state index in [0.717, 1.165) is 31.4 Å². The van der Waals surface area contributed by atoms with Crippen LogP contribution < -0.4 is 0 Å². The molecule has 1 aromatic rings. The lowest BCUT2D eigenvalue weighted by molar-refractivity contribution is 0.0974. The highest BCUT2D eigenvalue weighted by Crippen LogP contribution is 2.14. The molecule has 5 heteroatoms. The highest BCUT2D eigenvalue weighted by atomic mass is 16.3. The van der Waals surface area contributed by atoms with Crippen molar-refractivity contribution < 1.29 is 10.2 Å². The normalized spacial score (nSPS) is 14.2. The van der Waals surface area contributed by atoms with E-state index < -0.39 is 12.1 Å². The van der Waals surface area contributed by atoms with Crippen LogP contribution in [0.5, 0.6) is 0 Å². The van der Waals surface area contributed by atoms with Gasteiger partial charge in [-0.25, -0.2) is 4.68 Å². The largest absolute Gasteiger partial charge is 0.394 e. The predicted octanol–water partition coefficient (Wildman–Crippen LogP) is 4.21. The van der Waals surface area contributed by atoms with E-state index in [1.165, 1.54) is 44.9 Å². The third-order valence-corrected chi connectivity index (χ3v) is 4.55. The standard InChI is InChI=1S/C20H37N3O2/c1-3-5-7-8-9-10-11-13-14-18-16-23(22-21-18)19(17-24)20(25)15-12-6-4-2/h12,15-16,19-20,24-25H,3-11,13-14,17H2,1-2H3/b15-12+/t19-,20+/m0/s1. The smallest absolute Gasteiger partial charge is 0.106 e. The maximum atomic E-state index is 10.2. The van der Waals surface area contributed by atoms with Crippen LogP contribution in [0.2, 0.25) is 0 Å². The number of rotatable bonds is 15. The summed E-state index contributed by atoms with van der Waals surface area (Å²) in [6, 6.07) is -0.465. The number of aliphatic hydroxyl groups excluding tert-OH is 2. The molecule has 0 bridgehead atoms. The molecule has 0 aliphatic carbocycles. The van der Waals surface area contributed by atoms with Gasteiger partial charge in [0.1, 0.15) is 6.04 Å². The molecule has 0 amide bonds. The summed E-state index contributed by atoms with van der Waals surface area (Å²) in [5, 5.41) is 28.1. The molecule has 0 aromatic carbocycles. The van der Waals surface area contributed by atoms with Crippen molar-refractivity contribution in [3.8, 4) is 0 Å². The van der Waals surface area contributed by atoms with Gasteiger partial charge in [0.25, 0.3) is 0 Å². The highest BCUT2D eigenvalue weighted by Gasteiger charge is 2.19. The molecule has 1 rings (SSSR count). The third kappa shape index (κ3) is 9.17. The summed E-state index contributed by atoms with van der Waals surface area (Å²) in [6.07, 6.45) is 18.0. The first-order chi connectivity index (χ1) is 12.2. The number of hydrogen-bond donors (Lipinski definition) is 2. The third-order valence-electron chi connectivity index (χ3n) is 4.55. The van der Waals surface area contributed by atoms with E-state index in [9.17, 15) is 10.2 Å². The molecule has 0 saturated heterocycles. The minimum Gasteiger partial charge on any atom is -0.394 e. The number of nitrogens with zero attached hydrogens (tertiary/aromatic N) is 3. The summed E-state index contributed by atoms with van der Waals surface area (Å²) in [5.74, 6) is 0. The van der Waals surface area contributed by atoms with Gasteiger partial charge < -0.3 is 10.2 Å². The minimum absolute atomic E-state index is 0.155. The van der Waals surface area contributed by atoms with E-state index in [-0.39, 0.29) is 6.61 Å². The van der Waals surface area contributed by atoms with Crippen LogP contribution >= 0.6 is 0 Å². The number of aliphatic hydroxyl groups is 2. The van der Waals surface area contributed by atoms with Gasteiger partial charge in [0.2, 0.25) is 0 Å². The highest BCUT2D eigenvalue weighted by molar-refractivity contribution is 4.98. The van der Waals surface area contributed by atoms with E-state index in [1.54, 1.807) is 10.8 Å². The Bertz CT molecular complexity index is 460. The quantitative estimate of drug-likeness (QED) is 0.367. The van der Waals surface area contributed by atoms with Gasteiger partial charge in [0.15, 0.2) is 0 Å². The molecule has 0 saturated carbocycles. The molecule has 0 aliphatic rings. The summed E-state index contributed by atoms with van der Waals surface area (Å²) in [6.45, 7) is 4.18. The van der Waals surface area contributed by atoms with Crippen molar-refractivity contribution in [2.24, 2.45) is 0 Å². The summed E-state index contributed by atoms with van der Waals surface area (Å²) >= 11 is 0. The van der Waals surface area contributed by atoms with Crippen LogP contribution in [0.1, 0.15) is 89.8 Å². The first-order valence-electron chi connectivity index (χ1n) is 10.1. The fourth-order valence-electron chi connectivity index (χ4n) is 2.91. The van der Waals surface area contributed by atoms with Gasteiger partial charge in [-0.15, -0.1) is 5.10 Å².